The molecule has 1 amide bonds. The summed E-state index contributed by atoms with van der Waals surface area (Å²) in [6, 6.07) is 3.27. The zero-order valence-corrected chi connectivity index (χ0v) is 19.0. The Hall–Kier alpha value is -2.67. The van der Waals surface area contributed by atoms with Crippen LogP contribution in [0.4, 0.5) is 14.5 Å². The van der Waals surface area contributed by atoms with Crippen molar-refractivity contribution in [3.8, 4) is 0 Å². The number of carbonyl (C=O) groups excluding carboxylic acids is 1. The van der Waals surface area contributed by atoms with E-state index in [0.29, 0.717) is 24.2 Å². The van der Waals surface area contributed by atoms with Crippen molar-refractivity contribution >= 4 is 23.4 Å². The third-order valence-corrected chi connectivity index (χ3v) is 7.06. The molecule has 2 unspecified atom stereocenters. The van der Waals surface area contributed by atoms with Gasteiger partial charge in [-0.25, -0.2) is 8.78 Å². The van der Waals surface area contributed by atoms with E-state index in [4.69, 9.17) is 26.7 Å². The Balaban J connectivity index is 1.81. The fourth-order valence-electron chi connectivity index (χ4n) is 4.34. The van der Waals surface area contributed by atoms with Crippen LogP contribution in [0.1, 0.15) is 35.6 Å². The van der Waals surface area contributed by atoms with Gasteiger partial charge in [-0.2, -0.15) is 5.10 Å². The Morgan fingerprint density at radius 3 is 2.64 bits per heavy atom. The number of nitrogens with zero attached hydrogens (tertiary/aromatic N) is 3. The number of hydrogen-bond donors (Lipinski definition) is 3. The van der Waals surface area contributed by atoms with Gasteiger partial charge in [-0.15, -0.1) is 0 Å². The van der Waals surface area contributed by atoms with Gasteiger partial charge in [-0.05, 0) is 25.0 Å². The Kier molecular flexibility index (Phi) is 6.61. The van der Waals surface area contributed by atoms with E-state index in [-0.39, 0.29) is 35.0 Å². The third-order valence-electron chi connectivity index (χ3n) is 5.94. The quantitative estimate of drug-likeness (QED) is 0.589. The highest BCUT2D eigenvalue weighted by Gasteiger charge is 2.42. The van der Waals surface area contributed by atoms with Gasteiger partial charge in [-0.3, -0.25) is 9.48 Å². The molecule has 178 valence electrons. The summed E-state index contributed by atoms with van der Waals surface area (Å²) in [7, 11) is 3.32. The molecule has 0 spiro atoms. The van der Waals surface area contributed by atoms with Crippen molar-refractivity contribution in [1.29, 1.82) is 0 Å². The van der Waals surface area contributed by atoms with Gasteiger partial charge in [0.1, 0.15) is 28.8 Å². The molecule has 12 heteroatoms. The molecule has 4 rings (SSSR count). The normalized spacial score (nSPS) is 26.0. The topological polar surface area (TPSA) is 135 Å². The Bertz CT molecular complexity index is 1070. The van der Waals surface area contributed by atoms with Gasteiger partial charge in [0.05, 0.1) is 46.9 Å². The summed E-state index contributed by atoms with van der Waals surface area (Å²) in [5.41, 5.74) is 18.6. The summed E-state index contributed by atoms with van der Waals surface area (Å²) in [5, 5.41) is 3.40. The van der Waals surface area contributed by atoms with Crippen LogP contribution in [-0.2, 0) is 21.3 Å². The highest BCUT2D eigenvalue weighted by molar-refractivity contribution is 8.03. The first kappa shape index (κ1) is 23.5. The molecular formula is C21H26F2N6O3S. The van der Waals surface area contributed by atoms with E-state index in [1.54, 1.807) is 18.8 Å². The first-order valence-corrected chi connectivity index (χ1v) is 11.2. The molecule has 2 aliphatic rings. The fourth-order valence-corrected chi connectivity index (χ4v) is 5.56. The van der Waals surface area contributed by atoms with Crippen LogP contribution in [0.2, 0.25) is 0 Å². The maximum Gasteiger partial charge on any atom is 0.268 e. The smallest absolute Gasteiger partial charge is 0.268 e. The summed E-state index contributed by atoms with van der Waals surface area (Å²) in [6.07, 6.45) is 2.07. The maximum atomic E-state index is 14.8. The van der Waals surface area contributed by atoms with E-state index in [0.717, 1.165) is 23.9 Å². The van der Waals surface area contributed by atoms with Crippen molar-refractivity contribution in [2.75, 3.05) is 18.6 Å². The lowest BCUT2D eigenvalue weighted by molar-refractivity contribution is -0.114. The third kappa shape index (κ3) is 4.19. The highest BCUT2D eigenvalue weighted by Crippen LogP contribution is 2.51. The second-order valence-corrected chi connectivity index (χ2v) is 9.05. The summed E-state index contributed by atoms with van der Waals surface area (Å²) in [5.74, 6) is -2.35. The molecule has 0 bridgehead atoms. The zero-order valence-electron chi connectivity index (χ0n) is 18.2. The van der Waals surface area contributed by atoms with Crippen molar-refractivity contribution in [2.45, 2.75) is 36.5 Å². The molecule has 2 aromatic rings. The van der Waals surface area contributed by atoms with Gasteiger partial charge >= 0.3 is 0 Å². The van der Waals surface area contributed by atoms with Crippen LogP contribution in [0.15, 0.2) is 35.1 Å². The predicted molar refractivity (Wildman–Crippen MR) is 119 cm³/mol. The van der Waals surface area contributed by atoms with Crippen LogP contribution in [0.25, 0.3) is 0 Å². The number of primary amides is 1. The number of methoxy groups -OCH3 is 1. The number of nitrogens with two attached hydrogens (primary N) is 3. The van der Waals surface area contributed by atoms with Crippen LogP contribution in [0, 0.1) is 11.6 Å². The molecule has 3 heterocycles. The summed E-state index contributed by atoms with van der Waals surface area (Å²) in [4.78, 5) is 13.8. The lowest BCUT2D eigenvalue weighted by Crippen LogP contribution is -2.38. The lowest BCUT2D eigenvalue weighted by atomic mass is 10.0. The largest absolute Gasteiger partial charge is 0.392 e. The molecule has 4 atom stereocenters. The number of rotatable bonds is 5. The molecule has 1 fully saturated rings. The Labute approximate surface area is 193 Å². The number of benzene rings is 1. The average molecular weight is 481 g/mol. The van der Waals surface area contributed by atoms with Crippen LogP contribution in [-0.4, -0.2) is 41.6 Å². The van der Waals surface area contributed by atoms with Crippen molar-refractivity contribution in [2.24, 2.45) is 24.2 Å². The maximum absolute atomic E-state index is 14.8. The zero-order chi connectivity index (χ0) is 23.9. The van der Waals surface area contributed by atoms with Crippen LogP contribution < -0.4 is 22.1 Å². The van der Waals surface area contributed by atoms with E-state index in [2.05, 4.69) is 5.10 Å². The van der Waals surface area contributed by atoms with Crippen molar-refractivity contribution < 1.29 is 23.0 Å². The Morgan fingerprint density at radius 2 is 2.00 bits per heavy atom. The van der Waals surface area contributed by atoms with Crippen LogP contribution in [0.5, 0.6) is 0 Å². The average Bonchev–Trinajstić information content (AvgIpc) is 3.23. The number of carbonyl (C=O) groups is 1. The minimum Gasteiger partial charge on any atom is -0.392 e. The molecule has 6 N–H and O–H groups in total. The van der Waals surface area contributed by atoms with E-state index < -0.39 is 29.0 Å². The van der Waals surface area contributed by atoms with Crippen LogP contribution in [0.3, 0.4) is 0 Å². The second kappa shape index (κ2) is 9.29. The van der Waals surface area contributed by atoms with Crippen molar-refractivity contribution in [3.63, 3.8) is 0 Å². The molecule has 2 aliphatic heterocycles. The number of hydrogen-bond acceptors (Lipinski definition) is 8. The minimum atomic E-state index is -1.00. The minimum absolute atomic E-state index is 0.0537. The molecule has 0 saturated carbocycles. The molecule has 1 saturated heterocycles. The lowest BCUT2D eigenvalue weighted by Gasteiger charge is -2.29. The van der Waals surface area contributed by atoms with E-state index in [1.807, 2.05) is 0 Å². The summed E-state index contributed by atoms with van der Waals surface area (Å²) < 4.78 is 42.7. The van der Waals surface area contributed by atoms with Gasteiger partial charge in [0.25, 0.3) is 5.91 Å². The van der Waals surface area contributed by atoms with Crippen molar-refractivity contribution in [1.82, 2.24) is 9.78 Å². The number of aromatic nitrogens is 2. The first-order valence-electron chi connectivity index (χ1n) is 10.4. The van der Waals surface area contributed by atoms with E-state index in [9.17, 15) is 13.6 Å². The highest BCUT2D eigenvalue weighted by atomic mass is 32.2. The predicted octanol–water partition coefficient (Wildman–Crippen LogP) is 1.76. The second-order valence-electron chi connectivity index (χ2n) is 7.93. The van der Waals surface area contributed by atoms with Crippen molar-refractivity contribution in [3.05, 3.63) is 58.0 Å². The monoisotopic (exact) mass is 480 g/mol. The van der Waals surface area contributed by atoms with Gasteiger partial charge in [0.2, 0.25) is 0 Å². The molecule has 33 heavy (non-hydrogen) atoms. The van der Waals surface area contributed by atoms with Gasteiger partial charge < -0.3 is 31.6 Å². The number of ether oxygens (including phenoxy) is 2. The molecular weight excluding hydrogens is 454 g/mol. The standard InChI is InChI=1S/C21H26F2N6O3S/c1-28-17(15-7-6-14(31-2)12(24)9-32-15)13(8-27-28)29-18(19(25)30)20(26)33-21(29)16-10(22)4-3-5-11(16)23/h3-5,8,12,14-15,21H,6-7,9,24,26H2,1-2H3,(H2,25,30)/t12-,14-,15?,21?/m0/s1. The van der Waals surface area contributed by atoms with Gasteiger partial charge in [0.15, 0.2) is 0 Å². The molecule has 0 radical (unpaired) electrons. The SMILES string of the molecule is CO[C@H]1CCC(c2c(N3C(C(N)=O)=C(N)SC3c3c(F)cccc3F)cnn2C)OC[C@@H]1N. The molecule has 1 aromatic carbocycles. The molecule has 1 aromatic heterocycles. The van der Waals surface area contributed by atoms with Gasteiger partial charge in [-0.1, -0.05) is 17.8 Å². The number of thioether (sulfide) groups is 1. The molecule has 9 nitrogen and oxygen atoms in total. The number of anilines is 1. The van der Waals surface area contributed by atoms with Crippen LogP contribution >= 0.6 is 11.8 Å². The fraction of sp³-hybridized carbons (Fsp3) is 0.429. The number of halogens is 2. The number of amides is 1. The van der Waals surface area contributed by atoms with E-state index in [1.165, 1.54) is 17.2 Å². The summed E-state index contributed by atoms with van der Waals surface area (Å²) >= 11 is 0.944. The van der Waals surface area contributed by atoms with E-state index >= 15 is 0 Å². The first-order chi connectivity index (χ1) is 15.7. The molecule has 0 aliphatic carbocycles. The Morgan fingerprint density at radius 1 is 1.30 bits per heavy atom. The van der Waals surface area contributed by atoms with Gasteiger partial charge in [0, 0.05) is 14.2 Å². The number of aryl methyl sites for hydroxylation is 1. The summed E-state index contributed by atoms with van der Waals surface area (Å²) in [6.45, 7) is 0.245.